The number of nitrogens with one attached hydrogen (secondary N) is 1. The van der Waals surface area contributed by atoms with Crippen molar-refractivity contribution in [3.8, 4) is 0 Å². The van der Waals surface area contributed by atoms with Crippen LogP contribution in [0.15, 0.2) is 96.1 Å². The fourth-order valence-corrected chi connectivity index (χ4v) is 8.02. The molecule has 254 valence electrons. The Hall–Kier alpha value is -3.01. The van der Waals surface area contributed by atoms with Gasteiger partial charge in [0.2, 0.25) is 0 Å². The van der Waals surface area contributed by atoms with Crippen LogP contribution in [0.1, 0.15) is 62.3 Å². The normalized spacial score (nSPS) is 21.8. The zero-order valence-electron chi connectivity index (χ0n) is 27.5. The van der Waals surface area contributed by atoms with Gasteiger partial charge in [0, 0.05) is 55.5 Å². The molecule has 0 bridgehead atoms. The first-order valence-electron chi connectivity index (χ1n) is 16.4. The van der Waals surface area contributed by atoms with Crippen LogP contribution in [0, 0.1) is 11.7 Å². The van der Waals surface area contributed by atoms with Crippen LogP contribution in [-0.4, -0.2) is 57.6 Å². The van der Waals surface area contributed by atoms with Gasteiger partial charge in [0.15, 0.2) is 16.0 Å². The van der Waals surface area contributed by atoms with Gasteiger partial charge < -0.3 is 5.32 Å². The van der Waals surface area contributed by atoms with Gasteiger partial charge in [0.1, 0.15) is 5.82 Å². The Morgan fingerprint density at radius 1 is 0.771 bits per heavy atom. The summed E-state index contributed by atoms with van der Waals surface area (Å²) in [6.07, 6.45) is 7.90. The molecule has 5 nitrogen and oxygen atoms in total. The summed E-state index contributed by atoms with van der Waals surface area (Å²) < 4.78 is 14.7. The predicted molar refractivity (Wildman–Crippen MR) is 201 cm³/mol. The third-order valence-corrected chi connectivity index (χ3v) is 10.8. The molecule has 1 aliphatic carbocycles. The van der Waals surface area contributed by atoms with Crippen LogP contribution in [0.5, 0.6) is 0 Å². The largest absolute Gasteiger partial charge is 0.313 e. The van der Waals surface area contributed by atoms with Crippen molar-refractivity contribution in [3.05, 3.63) is 119 Å². The second-order valence-electron chi connectivity index (χ2n) is 12.3. The van der Waals surface area contributed by atoms with Crippen LogP contribution >= 0.6 is 35.9 Å². The van der Waals surface area contributed by atoms with Crippen molar-refractivity contribution in [2.45, 2.75) is 56.1 Å². The SMILES string of the molecule is CC(=O)SC1CCN(C(C(=O)C2CC2)c2ccccc2F)C/C1=C\c1ccccc1.CC(=O)SC1CCNC/C1=C\c1ccccc1.Cl. The quantitative estimate of drug-likeness (QED) is 0.252. The van der Waals surface area contributed by atoms with E-state index in [2.05, 4.69) is 34.5 Å². The first-order chi connectivity index (χ1) is 22.8. The Kier molecular flexibility index (Phi) is 14.7. The topological polar surface area (TPSA) is 66.5 Å². The summed E-state index contributed by atoms with van der Waals surface area (Å²) in [6, 6.07) is 26.3. The Labute approximate surface area is 298 Å². The molecule has 1 N–H and O–H groups in total. The van der Waals surface area contributed by atoms with E-state index in [4.69, 9.17) is 0 Å². The Balaban J connectivity index is 0.000000246. The lowest BCUT2D eigenvalue weighted by Crippen LogP contribution is -2.43. The highest BCUT2D eigenvalue weighted by Gasteiger charge is 2.41. The number of ketones is 1. The van der Waals surface area contributed by atoms with E-state index in [1.165, 1.54) is 40.7 Å². The third kappa shape index (κ3) is 11.0. The lowest BCUT2D eigenvalue weighted by atomic mass is 9.93. The number of likely N-dealkylation sites (tertiary alicyclic amines) is 1. The molecule has 3 unspecified atom stereocenters. The lowest BCUT2D eigenvalue weighted by Gasteiger charge is -2.38. The lowest BCUT2D eigenvalue weighted by molar-refractivity contribution is -0.126. The standard InChI is InChI=1S/C25H26FNO2S.C14H17NOS.ClH/c1-17(28)30-23-13-14-27(16-20(23)15-18-7-3-2-4-8-18)24(25(29)19-11-12-19)21-9-5-6-10-22(21)26;1-11(16)17-14-7-8-15-10-13(14)9-12-5-3-2-4-6-12;/h2-10,15,19,23-24H,11-14,16H2,1H3;2-6,9,14-15H,7-8,10H2,1H3;1H/b20-15+;13-9+;. The summed E-state index contributed by atoms with van der Waals surface area (Å²) in [6.45, 7) is 6.34. The molecule has 3 aliphatic rings. The maximum Gasteiger partial charge on any atom is 0.186 e. The Bertz CT molecular complexity index is 1600. The van der Waals surface area contributed by atoms with Gasteiger partial charge in [-0.05, 0) is 60.6 Å². The summed E-state index contributed by atoms with van der Waals surface area (Å²) >= 11 is 2.81. The van der Waals surface area contributed by atoms with Gasteiger partial charge in [-0.2, -0.15) is 0 Å². The number of hydrogen-bond donors (Lipinski definition) is 1. The van der Waals surface area contributed by atoms with E-state index >= 15 is 0 Å². The zero-order chi connectivity index (χ0) is 33.2. The van der Waals surface area contributed by atoms with Crippen LogP contribution in [0.4, 0.5) is 4.39 Å². The first kappa shape index (κ1) is 37.8. The minimum atomic E-state index is -0.568. The molecule has 2 saturated heterocycles. The zero-order valence-corrected chi connectivity index (χ0v) is 29.9. The highest BCUT2D eigenvalue weighted by atomic mass is 35.5. The van der Waals surface area contributed by atoms with E-state index in [1.54, 1.807) is 32.0 Å². The van der Waals surface area contributed by atoms with Crippen molar-refractivity contribution >= 4 is 64.1 Å². The highest BCUT2D eigenvalue weighted by molar-refractivity contribution is 8.14. The first-order valence-corrected chi connectivity index (χ1v) is 18.1. The molecule has 3 atom stereocenters. The van der Waals surface area contributed by atoms with Gasteiger partial charge in [0.25, 0.3) is 0 Å². The van der Waals surface area contributed by atoms with Crippen LogP contribution in [-0.2, 0) is 14.4 Å². The molecule has 0 amide bonds. The molecule has 0 spiro atoms. The van der Waals surface area contributed by atoms with Crippen LogP contribution < -0.4 is 5.32 Å². The van der Waals surface area contributed by atoms with Gasteiger partial charge in [-0.15, -0.1) is 12.4 Å². The van der Waals surface area contributed by atoms with E-state index in [0.29, 0.717) is 23.9 Å². The molecule has 0 aromatic heterocycles. The number of thioether (sulfide) groups is 2. The molecule has 2 aliphatic heterocycles. The molecule has 9 heteroatoms. The summed E-state index contributed by atoms with van der Waals surface area (Å²) in [7, 11) is 0. The van der Waals surface area contributed by atoms with Crippen molar-refractivity contribution in [1.29, 1.82) is 0 Å². The molecule has 3 aromatic carbocycles. The van der Waals surface area contributed by atoms with E-state index in [1.807, 2.05) is 48.5 Å². The Morgan fingerprint density at radius 3 is 1.88 bits per heavy atom. The number of carbonyl (C=O) groups is 3. The maximum atomic E-state index is 14.7. The summed E-state index contributed by atoms with van der Waals surface area (Å²) in [4.78, 5) is 38.3. The van der Waals surface area contributed by atoms with Crippen molar-refractivity contribution in [2.75, 3.05) is 26.2 Å². The average molecular weight is 707 g/mol. The minimum absolute atomic E-state index is 0. The number of rotatable bonds is 8. The molecular formula is C39H44ClFN2O3S2. The van der Waals surface area contributed by atoms with Crippen molar-refractivity contribution in [1.82, 2.24) is 10.2 Å². The minimum Gasteiger partial charge on any atom is -0.313 e. The second-order valence-corrected chi connectivity index (χ2v) is 15.0. The van der Waals surface area contributed by atoms with E-state index < -0.39 is 6.04 Å². The second kappa shape index (κ2) is 18.7. The number of benzene rings is 3. The van der Waals surface area contributed by atoms with Crippen LogP contribution in [0.25, 0.3) is 12.2 Å². The van der Waals surface area contributed by atoms with Crippen LogP contribution in [0.2, 0.25) is 0 Å². The maximum absolute atomic E-state index is 14.7. The molecule has 0 radical (unpaired) electrons. The number of Topliss-reactive ketones (excluding diaryl/α,β-unsaturated/α-hetero) is 1. The number of halogens is 2. The van der Waals surface area contributed by atoms with Gasteiger partial charge in [-0.3, -0.25) is 19.3 Å². The predicted octanol–water partition coefficient (Wildman–Crippen LogP) is 8.42. The summed E-state index contributed by atoms with van der Waals surface area (Å²) in [5.41, 5.74) is 5.17. The van der Waals surface area contributed by atoms with E-state index in [0.717, 1.165) is 49.9 Å². The summed E-state index contributed by atoms with van der Waals surface area (Å²) in [5.74, 6) is -0.164. The average Bonchev–Trinajstić information content (AvgIpc) is 3.91. The van der Waals surface area contributed by atoms with E-state index in [-0.39, 0.29) is 45.4 Å². The number of hydrogen-bond acceptors (Lipinski definition) is 7. The monoisotopic (exact) mass is 706 g/mol. The molecule has 2 heterocycles. The van der Waals surface area contributed by atoms with Crippen LogP contribution in [0.3, 0.4) is 0 Å². The van der Waals surface area contributed by atoms with Gasteiger partial charge in [-0.25, -0.2) is 4.39 Å². The molecule has 6 rings (SSSR count). The smallest absolute Gasteiger partial charge is 0.186 e. The number of piperidine rings is 2. The molecule has 3 fully saturated rings. The molecule has 1 saturated carbocycles. The fraction of sp³-hybridized carbons (Fsp3) is 0.359. The van der Waals surface area contributed by atoms with Gasteiger partial charge >= 0.3 is 0 Å². The summed E-state index contributed by atoms with van der Waals surface area (Å²) in [5, 5.41) is 4.08. The number of nitrogens with zero attached hydrogens (tertiary/aromatic N) is 1. The molecular weight excluding hydrogens is 663 g/mol. The molecule has 48 heavy (non-hydrogen) atoms. The number of carbonyl (C=O) groups excluding carboxylic acids is 3. The van der Waals surface area contributed by atoms with Gasteiger partial charge in [0.05, 0.1) is 6.04 Å². The fourth-order valence-electron chi connectivity index (χ4n) is 6.17. The van der Waals surface area contributed by atoms with E-state index in [9.17, 15) is 18.8 Å². The Morgan fingerprint density at radius 2 is 1.31 bits per heavy atom. The highest BCUT2D eigenvalue weighted by Crippen LogP contribution is 2.40. The van der Waals surface area contributed by atoms with Crippen molar-refractivity contribution in [2.24, 2.45) is 5.92 Å². The van der Waals surface area contributed by atoms with Crippen molar-refractivity contribution in [3.63, 3.8) is 0 Å². The third-order valence-electron chi connectivity index (χ3n) is 8.54. The molecule has 3 aromatic rings. The van der Waals surface area contributed by atoms with Crippen molar-refractivity contribution < 1.29 is 18.8 Å². The van der Waals surface area contributed by atoms with Gasteiger partial charge in [-0.1, -0.05) is 115 Å².